The summed E-state index contributed by atoms with van der Waals surface area (Å²) in [6.07, 6.45) is 4.82. The van der Waals surface area contributed by atoms with Gasteiger partial charge in [0.2, 0.25) is 0 Å². The third-order valence-electron chi connectivity index (χ3n) is 3.02. The fourth-order valence-electron chi connectivity index (χ4n) is 2.11. The normalized spacial score (nSPS) is 16.6. The van der Waals surface area contributed by atoms with Crippen LogP contribution in [0.2, 0.25) is 0 Å². The number of fused-ring (bicyclic) bond motifs is 1. The summed E-state index contributed by atoms with van der Waals surface area (Å²) in [7, 11) is 0. The van der Waals surface area contributed by atoms with Crippen LogP contribution in [-0.2, 0) is 4.74 Å². The summed E-state index contributed by atoms with van der Waals surface area (Å²) in [5.74, 6) is 0.883. The summed E-state index contributed by atoms with van der Waals surface area (Å²) in [4.78, 5) is 4.29. The van der Waals surface area contributed by atoms with Gasteiger partial charge in [-0.3, -0.25) is 4.98 Å². The average Bonchev–Trinajstić information content (AvgIpc) is 2.91. The van der Waals surface area contributed by atoms with E-state index >= 15 is 0 Å². The maximum absolute atomic E-state index is 6.18. The lowest BCUT2D eigenvalue weighted by Crippen LogP contribution is -2.13. The van der Waals surface area contributed by atoms with Crippen molar-refractivity contribution in [2.75, 3.05) is 6.61 Å². The van der Waals surface area contributed by atoms with E-state index in [4.69, 9.17) is 10.5 Å². The maximum Gasteiger partial charge on any atom is 0.113 e. The van der Waals surface area contributed by atoms with Crippen molar-refractivity contribution in [3.8, 4) is 0 Å². The topological polar surface area (TPSA) is 48.1 Å². The summed E-state index contributed by atoms with van der Waals surface area (Å²) in [5, 5.41) is 1.11. The Labute approximate surface area is 99.9 Å². The van der Waals surface area contributed by atoms with Gasteiger partial charge in [-0.2, -0.15) is 0 Å². The molecule has 0 spiro atoms. The first-order chi connectivity index (χ1) is 8.34. The van der Waals surface area contributed by atoms with Crippen molar-refractivity contribution in [2.24, 2.45) is 5.73 Å². The Morgan fingerprint density at radius 2 is 2.24 bits per heavy atom. The monoisotopic (exact) mass is 226 g/mol. The zero-order chi connectivity index (χ0) is 11.7. The van der Waals surface area contributed by atoms with E-state index in [9.17, 15) is 0 Å². The van der Waals surface area contributed by atoms with Gasteiger partial charge < -0.3 is 10.5 Å². The van der Waals surface area contributed by atoms with Gasteiger partial charge in [-0.25, -0.2) is 0 Å². The van der Waals surface area contributed by atoms with E-state index in [2.05, 4.69) is 17.1 Å². The van der Waals surface area contributed by atoms with Crippen LogP contribution >= 0.6 is 0 Å². The molecule has 1 aliphatic rings. The standard InChI is InChI=1S/C14H14N2O/c15-14(13-4-2-8-17-13)11-5-6-12-10(9-11)3-1-7-16-12/h1,3-7,9,14H,2,8,15H2. The zero-order valence-electron chi connectivity index (χ0n) is 9.47. The second kappa shape index (κ2) is 4.18. The van der Waals surface area contributed by atoms with E-state index < -0.39 is 0 Å². The van der Waals surface area contributed by atoms with Gasteiger partial charge in [-0.1, -0.05) is 12.1 Å². The second-order valence-electron chi connectivity index (χ2n) is 4.18. The largest absolute Gasteiger partial charge is 0.496 e. The van der Waals surface area contributed by atoms with Gasteiger partial charge in [-0.05, 0) is 29.8 Å². The Balaban J connectivity index is 2.00. The van der Waals surface area contributed by atoms with E-state index in [0.717, 1.165) is 35.3 Å². The van der Waals surface area contributed by atoms with E-state index in [-0.39, 0.29) is 6.04 Å². The molecule has 0 bridgehead atoms. The molecule has 0 saturated carbocycles. The Bertz CT molecular complexity index is 577. The molecule has 0 fully saturated rings. The maximum atomic E-state index is 6.18. The van der Waals surface area contributed by atoms with Crippen molar-refractivity contribution in [1.82, 2.24) is 4.98 Å². The predicted molar refractivity (Wildman–Crippen MR) is 67.3 cm³/mol. The van der Waals surface area contributed by atoms with Gasteiger partial charge in [0, 0.05) is 18.0 Å². The lowest BCUT2D eigenvalue weighted by Gasteiger charge is -2.14. The molecule has 1 aromatic carbocycles. The molecule has 3 heteroatoms. The van der Waals surface area contributed by atoms with Crippen LogP contribution in [0.1, 0.15) is 18.0 Å². The lowest BCUT2D eigenvalue weighted by atomic mass is 10.0. The fraction of sp³-hybridized carbons (Fsp3) is 0.214. The molecule has 2 aromatic rings. The van der Waals surface area contributed by atoms with Gasteiger partial charge in [0.05, 0.1) is 18.2 Å². The summed E-state index contributed by atoms with van der Waals surface area (Å²) < 4.78 is 5.50. The second-order valence-corrected chi connectivity index (χ2v) is 4.18. The average molecular weight is 226 g/mol. The molecule has 17 heavy (non-hydrogen) atoms. The van der Waals surface area contributed by atoms with Crippen LogP contribution in [-0.4, -0.2) is 11.6 Å². The molecule has 0 aliphatic carbocycles. The highest BCUT2D eigenvalue weighted by Gasteiger charge is 2.16. The number of benzene rings is 1. The summed E-state index contributed by atoms with van der Waals surface area (Å²) in [6.45, 7) is 0.748. The molecule has 0 amide bonds. The van der Waals surface area contributed by atoms with Crippen molar-refractivity contribution < 1.29 is 4.74 Å². The van der Waals surface area contributed by atoms with Crippen LogP contribution < -0.4 is 5.73 Å². The summed E-state index contributed by atoms with van der Waals surface area (Å²) >= 11 is 0. The first-order valence-corrected chi connectivity index (χ1v) is 5.78. The van der Waals surface area contributed by atoms with Crippen LogP contribution in [0.3, 0.4) is 0 Å². The van der Waals surface area contributed by atoms with Crippen molar-refractivity contribution in [2.45, 2.75) is 12.5 Å². The van der Waals surface area contributed by atoms with Crippen molar-refractivity contribution in [3.05, 3.63) is 53.9 Å². The molecule has 2 heterocycles. The number of nitrogens with two attached hydrogens (primary N) is 1. The van der Waals surface area contributed by atoms with Crippen LogP contribution in [0.15, 0.2) is 48.4 Å². The summed E-state index contributed by atoms with van der Waals surface area (Å²) in [5.41, 5.74) is 8.24. The number of hydrogen-bond donors (Lipinski definition) is 1. The van der Waals surface area contributed by atoms with Gasteiger partial charge in [0.15, 0.2) is 0 Å². The SMILES string of the molecule is NC(C1=CCCO1)c1ccc2ncccc2c1. The van der Waals surface area contributed by atoms with Crippen LogP contribution in [0.5, 0.6) is 0 Å². The van der Waals surface area contributed by atoms with E-state index in [1.54, 1.807) is 6.20 Å². The molecular weight excluding hydrogens is 212 g/mol. The fourth-order valence-corrected chi connectivity index (χ4v) is 2.11. The number of nitrogens with zero attached hydrogens (tertiary/aromatic N) is 1. The highest BCUT2D eigenvalue weighted by Crippen LogP contribution is 2.26. The molecule has 1 aromatic heterocycles. The quantitative estimate of drug-likeness (QED) is 0.856. The highest BCUT2D eigenvalue weighted by atomic mass is 16.5. The Kier molecular flexibility index (Phi) is 2.53. The van der Waals surface area contributed by atoms with Gasteiger partial charge >= 0.3 is 0 Å². The van der Waals surface area contributed by atoms with Gasteiger partial charge in [0.25, 0.3) is 0 Å². The molecule has 2 N–H and O–H groups in total. The minimum Gasteiger partial charge on any atom is -0.496 e. The number of rotatable bonds is 2. The minimum absolute atomic E-state index is 0.165. The molecular formula is C14H14N2O. The Hall–Kier alpha value is -1.87. The Morgan fingerprint density at radius 3 is 3.06 bits per heavy atom. The van der Waals surface area contributed by atoms with Gasteiger partial charge in [-0.15, -0.1) is 0 Å². The van der Waals surface area contributed by atoms with Crippen molar-refractivity contribution in [3.63, 3.8) is 0 Å². The first kappa shape index (κ1) is 10.3. The lowest BCUT2D eigenvalue weighted by molar-refractivity contribution is 0.225. The van der Waals surface area contributed by atoms with Crippen molar-refractivity contribution in [1.29, 1.82) is 0 Å². The molecule has 0 radical (unpaired) electrons. The zero-order valence-corrected chi connectivity index (χ0v) is 9.47. The summed E-state index contributed by atoms with van der Waals surface area (Å²) in [6, 6.07) is 9.91. The predicted octanol–water partition coefficient (Wildman–Crippen LogP) is 2.54. The number of ether oxygens (including phenoxy) is 1. The van der Waals surface area contributed by atoms with E-state index in [1.807, 2.05) is 24.3 Å². The van der Waals surface area contributed by atoms with Crippen molar-refractivity contribution >= 4 is 10.9 Å². The van der Waals surface area contributed by atoms with E-state index in [1.165, 1.54) is 0 Å². The molecule has 1 aliphatic heterocycles. The molecule has 86 valence electrons. The third-order valence-corrected chi connectivity index (χ3v) is 3.02. The number of hydrogen-bond acceptors (Lipinski definition) is 3. The van der Waals surface area contributed by atoms with E-state index in [0.29, 0.717) is 0 Å². The molecule has 0 saturated heterocycles. The molecule has 1 unspecified atom stereocenters. The number of pyridine rings is 1. The first-order valence-electron chi connectivity index (χ1n) is 5.78. The van der Waals surface area contributed by atoms with Gasteiger partial charge in [0.1, 0.15) is 5.76 Å². The number of aromatic nitrogens is 1. The minimum atomic E-state index is -0.165. The smallest absolute Gasteiger partial charge is 0.113 e. The molecule has 3 nitrogen and oxygen atoms in total. The third kappa shape index (κ3) is 1.89. The molecule has 3 rings (SSSR count). The van der Waals surface area contributed by atoms with Crippen LogP contribution in [0.4, 0.5) is 0 Å². The van der Waals surface area contributed by atoms with Crippen LogP contribution in [0.25, 0.3) is 10.9 Å². The van der Waals surface area contributed by atoms with Crippen LogP contribution in [0, 0.1) is 0 Å². The molecule has 1 atom stereocenters. The highest BCUT2D eigenvalue weighted by molar-refractivity contribution is 5.79. The Morgan fingerprint density at radius 1 is 1.29 bits per heavy atom.